The van der Waals surface area contributed by atoms with Gasteiger partial charge in [0.15, 0.2) is 0 Å². The number of hydrogen-bond donors (Lipinski definition) is 0. The molecule has 7 saturated heterocycles. The highest BCUT2D eigenvalue weighted by atomic mass is 16.5. The SMILES string of the molecule is CC(=O)N1CCC(CCC(C)(C)C)CC1.CC(=O)N1CCC(OC(C)(C)C)CC1.CCCN1CCC(CCC(C)C)CC1.CCCN1CCC(CCC(C)C)CC1.CCCN1CCC(OC(C)(C)C)CC1.CCCN1CCC(OC)CC1.CN1CCN(CCC(C)(C)C)CC1. The molecule has 0 aromatic rings. The van der Waals surface area contributed by atoms with Crippen LogP contribution >= 0.6 is 0 Å². The number of likely N-dealkylation sites (N-methyl/N-ethyl adjacent to an activating group) is 1. The molecule has 0 atom stereocenters. The lowest BCUT2D eigenvalue weighted by Crippen LogP contribution is -2.45. The van der Waals surface area contributed by atoms with Crippen LogP contribution in [0.4, 0.5) is 0 Å². The van der Waals surface area contributed by atoms with Crippen LogP contribution in [-0.4, -0.2) is 232 Å². The first-order valence-corrected chi connectivity index (χ1v) is 40.3. The summed E-state index contributed by atoms with van der Waals surface area (Å²) >= 11 is 0. The molecular formula is C82H168N8O5. The maximum atomic E-state index is 11.1. The summed E-state index contributed by atoms with van der Waals surface area (Å²) in [4.78, 5) is 41.4. The topological polar surface area (TPSA) is 87.8 Å². The Kier molecular flexibility index (Phi) is 49.0. The summed E-state index contributed by atoms with van der Waals surface area (Å²) in [6.45, 7) is 73.6. The summed E-state index contributed by atoms with van der Waals surface area (Å²) in [5.74, 6) is 5.12. The van der Waals surface area contributed by atoms with E-state index in [1.807, 2.05) is 16.9 Å². The van der Waals surface area contributed by atoms with E-state index in [1.54, 1.807) is 13.8 Å². The number of hydrogen-bond acceptors (Lipinski definition) is 11. The van der Waals surface area contributed by atoms with E-state index in [4.69, 9.17) is 14.2 Å². The number of piperidine rings is 6. The Hall–Kier alpha value is -1.42. The van der Waals surface area contributed by atoms with Crippen LogP contribution in [0.15, 0.2) is 0 Å². The van der Waals surface area contributed by atoms with Gasteiger partial charge in [-0.3, -0.25) is 9.59 Å². The van der Waals surface area contributed by atoms with Crippen molar-refractivity contribution in [2.24, 2.45) is 40.4 Å². The van der Waals surface area contributed by atoms with Crippen molar-refractivity contribution in [1.29, 1.82) is 0 Å². The van der Waals surface area contributed by atoms with Gasteiger partial charge in [-0.2, -0.15) is 0 Å². The summed E-state index contributed by atoms with van der Waals surface area (Å²) in [6.07, 6.45) is 31.3. The van der Waals surface area contributed by atoms with Crippen molar-refractivity contribution in [1.82, 2.24) is 39.2 Å². The minimum atomic E-state index is -0.0664. The van der Waals surface area contributed by atoms with E-state index in [1.165, 1.54) is 246 Å². The Balaban J connectivity index is 0.000000555. The normalized spacial score (nSPS) is 20.8. The van der Waals surface area contributed by atoms with Crippen LogP contribution in [-0.2, 0) is 23.8 Å². The van der Waals surface area contributed by atoms with Gasteiger partial charge in [-0.05, 0) is 270 Å². The molecule has 95 heavy (non-hydrogen) atoms. The fourth-order valence-corrected chi connectivity index (χ4v) is 14.0. The molecule has 0 aromatic heterocycles. The van der Waals surface area contributed by atoms with Crippen LogP contribution in [0.1, 0.15) is 300 Å². The highest BCUT2D eigenvalue weighted by molar-refractivity contribution is 5.73. The van der Waals surface area contributed by atoms with Crippen LogP contribution < -0.4 is 0 Å². The zero-order chi connectivity index (χ0) is 71.6. The van der Waals surface area contributed by atoms with Crippen molar-refractivity contribution in [2.75, 3.05) is 152 Å². The van der Waals surface area contributed by atoms with Gasteiger partial charge in [0.05, 0.1) is 29.5 Å². The van der Waals surface area contributed by atoms with Crippen LogP contribution in [0.2, 0.25) is 0 Å². The standard InChI is InChI=1S/C13H25NO.2C13H27N.C12H25NO.C11H24N2.C11H21NO2.C9H19NO/c1-11(15)14-9-6-12(7-10-14)5-8-13(2,3)4;2*1-4-9-14-10-7-13(8-11-14)6-5-12(2)3;1-5-8-13-9-6-11(7-10-13)14-12(2,3)4;1-11(2,3)5-6-13-9-7-12(4)8-10-13;1-9(13)12-7-5-10(6-8-12)14-11(2,3)4;1-3-6-10-7-4-9(11-2)5-8-10/h12H,5-10H2,1-4H3;2*12-13H,4-11H2,1-3H3;11H,5-10H2,1-4H3;5-10H2,1-4H3;10H,5-8H2,1-4H3;9H,3-8H2,1-2H3. The van der Waals surface area contributed by atoms with Gasteiger partial charge in [0.25, 0.3) is 0 Å². The van der Waals surface area contributed by atoms with E-state index in [2.05, 4.69) is 175 Å². The number of ether oxygens (including phenoxy) is 3. The van der Waals surface area contributed by atoms with Gasteiger partial charge in [-0.25, -0.2) is 0 Å². The smallest absolute Gasteiger partial charge is 0.219 e. The molecule has 13 nitrogen and oxygen atoms in total. The number of rotatable bonds is 21. The number of amides is 2. The highest BCUT2D eigenvalue weighted by Crippen LogP contribution is 2.30. The van der Waals surface area contributed by atoms with Crippen molar-refractivity contribution in [2.45, 2.75) is 330 Å². The molecule has 0 saturated carbocycles. The van der Waals surface area contributed by atoms with Gasteiger partial charge in [-0.1, -0.05) is 123 Å². The fraction of sp³-hybridized carbons (Fsp3) is 0.976. The zero-order valence-corrected chi connectivity index (χ0v) is 68.4. The molecular weight excluding hydrogens is 1180 g/mol. The summed E-state index contributed by atoms with van der Waals surface area (Å²) in [5, 5.41) is 0. The molecule has 0 spiro atoms. The third-order valence-electron chi connectivity index (χ3n) is 20.3. The summed E-state index contributed by atoms with van der Waals surface area (Å²) in [6, 6.07) is 0. The monoisotopic (exact) mass is 1350 g/mol. The van der Waals surface area contributed by atoms with Gasteiger partial charge in [0.2, 0.25) is 11.8 Å². The predicted molar refractivity (Wildman–Crippen MR) is 412 cm³/mol. The second kappa shape index (κ2) is 50.8. The van der Waals surface area contributed by atoms with Gasteiger partial charge in [0.1, 0.15) is 0 Å². The molecule has 0 aromatic carbocycles. The average Bonchev–Trinajstić information content (AvgIpc) is 1.09. The molecule has 0 bridgehead atoms. The van der Waals surface area contributed by atoms with Crippen LogP contribution in [0, 0.1) is 40.4 Å². The molecule has 7 rings (SSSR count). The fourth-order valence-electron chi connectivity index (χ4n) is 14.0. The van der Waals surface area contributed by atoms with Crippen LogP contribution in [0.25, 0.3) is 0 Å². The number of methoxy groups -OCH3 is 1. The number of likely N-dealkylation sites (tertiary alicyclic amines) is 6. The molecule has 7 heterocycles. The minimum Gasteiger partial charge on any atom is -0.381 e. The summed E-state index contributed by atoms with van der Waals surface area (Å²) in [7, 11) is 4.03. The Morgan fingerprint density at radius 3 is 0.926 bits per heavy atom. The van der Waals surface area contributed by atoms with Gasteiger partial charge in [-0.15, -0.1) is 0 Å². The number of carbonyl (C=O) groups is 2. The molecule has 0 N–H and O–H groups in total. The first-order valence-electron chi connectivity index (χ1n) is 40.3. The molecule has 7 aliphatic rings. The van der Waals surface area contributed by atoms with E-state index in [9.17, 15) is 9.59 Å². The largest absolute Gasteiger partial charge is 0.381 e. The second-order valence-corrected chi connectivity index (χ2v) is 35.5. The molecule has 0 aliphatic carbocycles. The highest BCUT2D eigenvalue weighted by Gasteiger charge is 2.28. The maximum absolute atomic E-state index is 11.1. The third kappa shape index (κ3) is 50.6. The first-order chi connectivity index (χ1) is 44.6. The van der Waals surface area contributed by atoms with Gasteiger partial charge < -0.3 is 53.4 Å². The van der Waals surface area contributed by atoms with Crippen molar-refractivity contribution >= 4 is 11.8 Å². The number of carbonyl (C=O) groups excluding carboxylic acids is 2. The second-order valence-electron chi connectivity index (χ2n) is 35.5. The average molecular weight is 1350 g/mol. The van der Waals surface area contributed by atoms with E-state index in [-0.39, 0.29) is 23.0 Å². The lowest BCUT2D eigenvalue weighted by molar-refractivity contribution is -0.134. The maximum Gasteiger partial charge on any atom is 0.219 e. The molecule has 7 fully saturated rings. The Morgan fingerprint density at radius 2 is 0.642 bits per heavy atom. The van der Waals surface area contributed by atoms with Crippen molar-refractivity contribution in [3.63, 3.8) is 0 Å². The quantitative estimate of drug-likeness (QED) is 0.110. The zero-order valence-electron chi connectivity index (χ0n) is 68.4. The lowest BCUT2D eigenvalue weighted by atomic mass is 9.83. The number of nitrogens with zero attached hydrogens (tertiary/aromatic N) is 8. The lowest BCUT2D eigenvalue weighted by Gasteiger charge is -2.35. The molecule has 2 amide bonds. The molecule has 0 unspecified atom stereocenters. The Morgan fingerprint density at radius 1 is 0.368 bits per heavy atom. The molecule has 566 valence electrons. The van der Waals surface area contributed by atoms with Crippen LogP contribution in [0.5, 0.6) is 0 Å². The van der Waals surface area contributed by atoms with Crippen molar-refractivity contribution in [3.05, 3.63) is 0 Å². The number of piperazine rings is 1. The summed E-state index contributed by atoms with van der Waals surface area (Å²) < 4.78 is 17.1. The van der Waals surface area contributed by atoms with E-state index < -0.39 is 0 Å². The molecule has 7 aliphatic heterocycles. The van der Waals surface area contributed by atoms with Gasteiger partial charge in [0, 0.05) is 99.5 Å². The van der Waals surface area contributed by atoms with E-state index in [0.717, 1.165) is 68.6 Å². The van der Waals surface area contributed by atoms with E-state index >= 15 is 0 Å². The molecule has 13 heteroatoms. The molecule has 0 radical (unpaired) electrons. The first kappa shape index (κ1) is 91.6. The van der Waals surface area contributed by atoms with Crippen LogP contribution in [0.3, 0.4) is 0 Å². The minimum absolute atomic E-state index is 0.0254. The van der Waals surface area contributed by atoms with Crippen molar-refractivity contribution in [3.8, 4) is 0 Å². The Labute approximate surface area is 593 Å². The van der Waals surface area contributed by atoms with Gasteiger partial charge >= 0.3 is 0 Å². The predicted octanol–water partition coefficient (Wildman–Crippen LogP) is 17.8. The van der Waals surface area contributed by atoms with Crippen molar-refractivity contribution < 1.29 is 23.8 Å². The third-order valence-corrected chi connectivity index (χ3v) is 20.3. The van der Waals surface area contributed by atoms with E-state index in [0.29, 0.717) is 29.1 Å². The summed E-state index contributed by atoms with van der Waals surface area (Å²) in [5.41, 5.74) is 0.904. The Bertz CT molecular complexity index is 1770.